The molecule has 108 valence electrons. The predicted octanol–water partition coefficient (Wildman–Crippen LogP) is 2.38. The van der Waals surface area contributed by atoms with E-state index in [4.69, 9.17) is 0 Å². The lowest BCUT2D eigenvalue weighted by atomic mass is 9.78. The standard InChI is InChI=1S/C15H25NO3/c1-10-7-11(2)9-16(8-10)14(17)12-5-3-4-6-13(12)15(18)19/h10-13H,3-9H2,1-2H3,(H,18,19)/t10-,11+,12-,13+/m0/s1. The summed E-state index contributed by atoms with van der Waals surface area (Å²) < 4.78 is 0. The third kappa shape index (κ3) is 3.28. The van der Waals surface area contributed by atoms with Crippen molar-refractivity contribution in [1.29, 1.82) is 0 Å². The smallest absolute Gasteiger partial charge is 0.307 e. The summed E-state index contributed by atoms with van der Waals surface area (Å²) >= 11 is 0. The summed E-state index contributed by atoms with van der Waals surface area (Å²) in [6.45, 7) is 5.94. The van der Waals surface area contributed by atoms with Gasteiger partial charge in [-0.15, -0.1) is 0 Å². The Morgan fingerprint density at radius 3 is 2.05 bits per heavy atom. The van der Waals surface area contributed by atoms with Crippen molar-refractivity contribution >= 4 is 11.9 Å². The van der Waals surface area contributed by atoms with E-state index in [0.717, 1.165) is 38.8 Å². The number of carboxylic acid groups (broad SMARTS) is 1. The van der Waals surface area contributed by atoms with Gasteiger partial charge in [0.15, 0.2) is 0 Å². The SMILES string of the molecule is C[C@@H]1C[C@H](C)CN(C(=O)[C@H]2CCCC[C@H]2C(=O)O)C1. The molecule has 0 spiro atoms. The van der Waals surface area contributed by atoms with Crippen molar-refractivity contribution in [1.82, 2.24) is 4.90 Å². The molecule has 0 aromatic carbocycles. The zero-order valence-corrected chi connectivity index (χ0v) is 12.0. The Labute approximate surface area is 115 Å². The molecule has 0 bridgehead atoms. The van der Waals surface area contributed by atoms with Crippen LogP contribution in [0.3, 0.4) is 0 Å². The predicted molar refractivity (Wildman–Crippen MR) is 72.6 cm³/mol. The Kier molecular flexibility index (Phi) is 4.48. The second-order valence-electron chi connectivity index (χ2n) is 6.52. The number of carbonyl (C=O) groups is 2. The Balaban J connectivity index is 2.06. The number of carboxylic acids is 1. The fourth-order valence-corrected chi connectivity index (χ4v) is 3.80. The molecule has 4 nitrogen and oxygen atoms in total. The summed E-state index contributed by atoms with van der Waals surface area (Å²) in [5.41, 5.74) is 0. The quantitative estimate of drug-likeness (QED) is 0.835. The number of hydrogen-bond donors (Lipinski definition) is 1. The minimum atomic E-state index is -0.795. The fraction of sp³-hybridized carbons (Fsp3) is 0.867. The molecule has 0 aromatic heterocycles. The first-order valence-electron chi connectivity index (χ1n) is 7.50. The normalized spacial score (nSPS) is 36.0. The highest BCUT2D eigenvalue weighted by atomic mass is 16.4. The van der Waals surface area contributed by atoms with Gasteiger partial charge in [0.1, 0.15) is 0 Å². The average molecular weight is 267 g/mol. The molecule has 0 unspecified atom stereocenters. The number of nitrogens with zero attached hydrogens (tertiary/aromatic N) is 1. The number of hydrogen-bond acceptors (Lipinski definition) is 2. The van der Waals surface area contributed by atoms with Crippen LogP contribution in [-0.4, -0.2) is 35.0 Å². The second-order valence-corrected chi connectivity index (χ2v) is 6.52. The number of likely N-dealkylation sites (tertiary alicyclic amines) is 1. The van der Waals surface area contributed by atoms with Gasteiger partial charge in [-0.05, 0) is 31.1 Å². The molecule has 19 heavy (non-hydrogen) atoms. The molecule has 2 fully saturated rings. The minimum absolute atomic E-state index is 0.0884. The summed E-state index contributed by atoms with van der Waals surface area (Å²) in [5.74, 6) is -0.404. The number of rotatable bonds is 2. The largest absolute Gasteiger partial charge is 0.481 e. The van der Waals surface area contributed by atoms with Gasteiger partial charge in [0.25, 0.3) is 0 Å². The van der Waals surface area contributed by atoms with Crippen molar-refractivity contribution < 1.29 is 14.7 Å². The van der Waals surface area contributed by atoms with Crippen LogP contribution in [0.25, 0.3) is 0 Å². The molecule has 2 aliphatic rings. The molecule has 1 aliphatic carbocycles. The van der Waals surface area contributed by atoms with Crippen LogP contribution in [0.2, 0.25) is 0 Å². The molecule has 0 aromatic rings. The molecule has 1 saturated heterocycles. The lowest BCUT2D eigenvalue weighted by Crippen LogP contribution is -2.48. The van der Waals surface area contributed by atoms with Crippen LogP contribution in [0.4, 0.5) is 0 Å². The van der Waals surface area contributed by atoms with Crippen LogP contribution >= 0.6 is 0 Å². The maximum atomic E-state index is 12.6. The molecule has 1 saturated carbocycles. The van der Waals surface area contributed by atoms with E-state index in [1.165, 1.54) is 0 Å². The van der Waals surface area contributed by atoms with Gasteiger partial charge >= 0.3 is 5.97 Å². The van der Waals surface area contributed by atoms with Gasteiger partial charge in [0.2, 0.25) is 5.91 Å². The Morgan fingerprint density at radius 1 is 1.00 bits per heavy atom. The van der Waals surface area contributed by atoms with Crippen LogP contribution in [0.15, 0.2) is 0 Å². The molecule has 1 N–H and O–H groups in total. The Morgan fingerprint density at radius 2 is 1.53 bits per heavy atom. The monoisotopic (exact) mass is 267 g/mol. The fourth-order valence-electron chi connectivity index (χ4n) is 3.80. The number of carbonyl (C=O) groups excluding carboxylic acids is 1. The van der Waals surface area contributed by atoms with Gasteiger partial charge in [-0.25, -0.2) is 0 Å². The van der Waals surface area contributed by atoms with E-state index in [-0.39, 0.29) is 11.8 Å². The van der Waals surface area contributed by atoms with Crippen molar-refractivity contribution in [3.63, 3.8) is 0 Å². The van der Waals surface area contributed by atoms with Crippen LogP contribution < -0.4 is 0 Å². The van der Waals surface area contributed by atoms with Crippen LogP contribution in [0.1, 0.15) is 46.0 Å². The lowest BCUT2D eigenvalue weighted by Gasteiger charge is -2.39. The molecular formula is C15H25NO3. The summed E-state index contributed by atoms with van der Waals surface area (Å²) in [5, 5.41) is 9.29. The van der Waals surface area contributed by atoms with Crippen molar-refractivity contribution in [2.45, 2.75) is 46.0 Å². The van der Waals surface area contributed by atoms with Crippen LogP contribution in [-0.2, 0) is 9.59 Å². The van der Waals surface area contributed by atoms with E-state index in [1.807, 2.05) is 4.90 Å². The van der Waals surface area contributed by atoms with Gasteiger partial charge in [-0.3, -0.25) is 9.59 Å². The summed E-state index contributed by atoms with van der Waals surface area (Å²) in [6, 6.07) is 0. The highest BCUT2D eigenvalue weighted by Gasteiger charge is 2.39. The van der Waals surface area contributed by atoms with Crippen molar-refractivity contribution in [2.75, 3.05) is 13.1 Å². The maximum absolute atomic E-state index is 12.6. The Hall–Kier alpha value is -1.06. The number of aliphatic carboxylic acids is 1. The highest BCUT2D eigenvalue weighted by molar-refractivity contribution is 5.85. The van der Waals surface area contributed by atoms with E-state index >= 15 is 0 Å². The summed E-state index contributed by atoms with van der Waals surface area (Å²) in [4.78, 5) is 25.9. The molecule has 1 aliphatic heterocycles. The molecule has 4 atom stereocenters. The van der Waals surface area contributed by atoms with Gasteiger partial charge in [0.05, 0.1) is 11.8 Å². The zero-order chi connectivity index (χ0) is 14.0. The third-order valence-electron chi connectivity index (χ3n) is 4.58. The minimum Gasteiger partial charge on any atom is -0.481 e. The van der Waals surface area contributed by atoms with Crippen molar-refractivity contribution in [2.24, 2.45) is 23.7 Å². The second kappa shape index (κ2) is 5.93. The zero-order valence-electron chi connectivity index (χ0n) is 12.0. The molecule has 0 radical (unpaired) electrons. The molecular weight excluding hydrogens is 242 g/mol. The molecule has 2 rings (SSSR count). The Bertz CT molecular complexity index is 345. The number of amides is 1. The third-order valence-corrected chi connectivity index (χ3v) is 4.58. The topological polar surface area (TPSA) is 57.6 Å². The van der Waals surface area contributed by atoms with E-state index in [9.17, 15) is 14.7 Å². The summed E-state index contributed by atoms with van der Waals surface area (Å²) in [6.07, 6.45) is 4.49. The van der Waals surface area contributed by atoms with Crippen molar-refractivity contribution in [3.05, 3.63) is 0 Å². The first-order chi connectivity index (χ1) is 8.99. The maximum Gasteiger partial charge on any atom is 0.307 e. The molecule has 4 heteroatoms. The average Bonchev–Trinajstić information content (AvgIpc) is 2.36. The van der Waals surface area contributed by atoms with Gasteiger partial charge in [0, 0.05) is 13.1 Å². The van der Waals surface area contributed by atoms with Crippen LogP contribution in [0.5, 0.6) is 0 Å². The summed E-state index contributed by atoms with van der Waals surface area (Å²) in [7, 11) is 0. The van der Waals surface area contributed by atoms with Crippen LogP contribution in [0, 0.1) is 23.7 Å². The molecule has 1 amide bonds. The van der Waals surface area contributed by atoms with E-state index in [2.05, 4.69) is 13.8 Å². The van der Waals surface area contributed by atoms with E-state index < -0.39 is 11.9 Å². The highest BCUT2D eigenvalue weighted by Crippen LogP contribution is 2.33. The van der Waals surface area contributed by atoms with E-state index in [0.29, 0.717) is 18.3 Å². The van der Waals surface area contributed by atoms with Gasteiger partial charge in [-0.2, -0.15) is 0 Å². The van der Waals surface area contributed by atoms with E-state index in [1.54, 1.807) is 0 Å². The molecule has 1 heterocycles. The van der Waals surface area contributed by atoms with Gasteiger partial charge in [-0.1, -0.05) is 26.7 Å². The lowest BCUT2D eigenvalue weighted by molar-refractivity contribution is -0.153. The van der Waals surface area contributed by atoms with Gasteiger partial charge < -0.3 is 10.0 Å². The first kappa shape index (κ1) is 14.4. The van der Waals surface area contributed by atoms with Crippen molar-refractivity contribution in [3.8, 4) is 0 Å². The number of piperidine rings is 1. The first-order valence-corrected chi connectivity index (χ1v) is 7.50.